The first-order chi connectivity index (χ1) is 4.70. The summed E-state index contributed by atoms with van der Waals surface area (Å²) in [5.74, 6) is 0. The molecule has 0 aromatic carbocycles. The van der Waals surface area contributed by atoms with Crippen molar-refractivity contribution in [1.82, 2.24) is 10.2 Å². The molecule has 0 aliphatic carbocycles. The van der Waals surface area contributed by atoms with Gasteiger partial charge in [0.15, 0.2) is 0 Å². The quantitative estimate of drug-likeness (QED) is 0.583. The normalized spacial score (nSPS) is 11.9. The molecule has 0 spiro atoms. The number of allylic oxidation sites excluding steroid dienone is 1. The van der Waals surface area contributed by atoms with Crippen molar-refractivity contribution in [3.63, 3.8) is 0 Å². The maximum atomic E-state index is 3.81. The Morgan fingerprint density at radius 3 is 2.90 bits per heavy atom. The van der Waals surface area contributed by atoms with Crippen molar-refractivity contribution < 1.29 is 0 Å². The van der Waals surface area contributed by atoms with E-state index >= 15 is 0 Å². The molecule has 0 aliphatic heterocycles. The Morgan fingerprint density at radius 2 is 2.50 bits per heavy atom. The summed E-state index contributed by atoms with van der Waals surface area (Å²) in [7, 11) is 0. The van der Waals surface area contributed by atoms with Crippen molar-refractivity contribution in [2.75, 3.05) is 0 Å². The van der Waals surface area contributed by atoms with Gasteiger partial charge < -0.3 is 0 Å². The minimum absolute atomic E-state index is 0.836. The molecule has 1 aromatic heterocycles. The van der Waals surface area contributed by atoms with Crippen LogP contribution in [-0.2, 0) is 0 Å². The first kappa shape index (κ1) is 6.81. The first-order valence-electron chi connectivity index (χ1n) is 3.05. The molecule has 0 amide bonds. The third-order valence-corrected chi connectivity index (χ3v) is 1.15. The lowest BCUT2D eigenvalue weighted by atomic mass is 10.3. The molecule has 1 N–H and O–H groups in total. The van der Waals surface area contributed by atoms with Crippen LogP contribution in [0.25, 0.3) is 12.7 Å². The summed E-state index contributed by atoms with van der Waals surface area (Å²) in [6.45, 7) is 9.43. The monoisotopic (exact) mass is 134 g/mol. The van der Waals surface area contributed by atoms with E-state index in [9.17, 15) is 0 Å². The number of nitrogens with one attached hydrogen (secondary N) is 1. The van der Waals surface area contributed by atoms with Crippen LogP contribution in [0.4, 0.5) is 0 Å². The van der Waals surface area contributed by atoms with E-state index in [2.05, 4.69) is 23.4 Å². The van der Waals surface area contributed by atoms with E-state index in [1.807, 2.05) is 13.0 Å². The van der Waals surface area contributed by atoms with Crippen LogP contribution in [0, 0.1) is 0 Å². The molecule has 52 valence electrons. The molecule has 10 heavy (non-hydrogen) atoms. The van der Waals surface area contributed by atoms with Gasteiger partial charge in [-0.05, 0) is 13.0 Å². The molecule has 0 saturated heterocycles. The maximum absolute atomic E-state index is 3.81. The third kappa shape index (κ3) is 1.35. The van der Waals surface area contributed by atoms with Gasteiger partial charge in [0, 0.05) is 5.22 Å². The van der Waals surface area contributed by atoms with Gasteiger partial charge in [-0.15, -0.1) is 0 Å². The Labute approximate surface area is 59.6 Å². The molecule has 1 rings (SSSR count). The van der Waals surface area contributed by atoms with E-state index in [4.69, 9.17) is 0 Å². The highest BCUT2D eigenvalue weighted by Crippen LogP contribution is 1.83. The summed E-state index contributed by atoms with van der Waals surface area (Å²) in [6.07, 6.45) is 3.67. The van der Waals surface area contributed by atoms with Crippen LogP contribution >= 0.6 is 0 Å². The molecule has 0 unspecified atom stereocenters. The summed E-state index contributed by atoms with van der Waals surface area (Å²) in [5.41, 5.74) is 1.01. The zero-order valence-electron chi connectivity index (χ0n) is 6.02. The van der Waals surface area contributed by atoms with Gasteiger partial charge in [0.05, 0.1) is 11.5 Å². The van der Waals surface area contributed by atoms with E-state index in [0.717, 1.165) is 16.1 Å². The minimum atomic E-state index is 0.836. The molecule has 1 aromatic rings. The van der Waals surface area contributed by atoms with Gasteiger partial charge >= 0.3 is 0 Å². The van der Waals surface area contributed by atoms with Crippen molar-refractivity contribution in [2.45, 2.75) is 6.92 Å². The van der Waals surface area contributed by atoms with Gasteiger partial charge in [-0.2, -0.15) is 5.10 Å². The van der Waals surface area contributed by atoms with Crippen LogP contribution < -0.4 is 10.6 Å². The van der Waals surface area contributed by atoms with Gasteiger partial charge in [-0.3, -0.25) is 5.10 Å². The molecule has 0 atom stereocenters. The van der Waals surface area contributed by atoms with Crippen LogP contribution in [0.5, 0.6) is 0 Å². The number of aromatic amines is 1. The number of H-pyrrole nitrogens is 1. The fourth-order valence-electron chi connectivity index (χ4n) is 0.712. The van der Waals surface area contributed by atoms with Crippen LogP contribution in [-0.4, -0.2) is 10.2 Å². The van der Waals surface area contributed by atoms with Gasteiger partial charge in [0.1, 0.15) is 0 Å². The summed E-state index contributed by atoms with van der Waals surface area (Å²) in [5, 5.41) is 8.40. The summed E-state index contributed by atoms with van der Waals surface area (Å²) in [6, 6.07) is 0. The lowest BCUT2D eigenvalue weighted by molar-refractivity contribution is 1.06. The fraction of sp³-hybridized carbons (Fsp3) is 0.125. The molecule has 0 bridgehead atoms. The topological polar surface area (TPSA) is 28.7 Å². The molecule has 1 heterocycles. The second-order valence-corrected chi connectivity index (χ2v) is 2.29. The predicted octanol–water partition coefficient (Wildman–Crippen LogP) is 0.177. The molecule has 0 saturated carbocycles. The lowest BCUT2D eigenvalue weighted by Crippen LogP contribution is -2.19. The van der Waals surface area contributed by atoms with Crippen LogP contribution in [0.1, 0.15) is 6.92 Å². The van der Waals surface area contributed by atoms with Crippen molar-refractivity contribution in [3.8, 4) is 0 Å². The summed E-state index contributed by atoms with van der Waals surface area (Å²) < 4.78 is 0. The Bertz CT molecular complexity index is 332. The van der Waals surface area contributed by atoms with E-state index in [1.165, 1.54) is 0 Å². The third-order valence-electron chi connectivity index (χ3n) is 1.15. The number of nitrogens with zero attached hydrogens (tertiary/aromatic N) is 1. The standard InChI is InChI=1S/C8H10N2/c1-6(2)4-8-5-9-10-7(8)3/h4-5,10H,1,3H2,2H3. The number of hydrogen-bond donors (Lipinski definition) is 1. The highest BCUT2D eigenvalue weighted by atomic mass is 15.1. The SMILES string of the molecule is C=C(C)C=c1cn[nH]c1=C. The van der Waals surface area contributed by atoms with Gasteiger partial charge in [0.2, 0.25) is 0 Å². The Hall–Kier alpha value is -1.31. The Kier molecular flexibility index (Phi) is 1.71. The Morgan fingerprint density at radius 1 is 1.80 bits per heavy atom. The molecular formula is C8H10N2. The van der Waals surface area contributed by atoms with Crippen molar-refractivity contribution in [1.29, 1.82) is 0 Å². The Balaban J connectivity index is 3.29. The average Bonchev–Trinajstić information content (AvgIpc) is 2.15. The minimum Gasteiger partial charge on any atom is -0.278 e. The van der Waals surface area contributed by atoms with Crippen molar-refractivity contribution >= 4 is 12.7 Å². The first-order valence-corrected chi connectivity index (χ1v) is 3.05. The van der Waals surface area contributed by atoms with Crippen molar-refractivity contribution in [3.05, 3.63) is 28.9 Å². The van der Waals surface area contributed by atoms with Crippen LogP contribution in [0.15, 0.2) is 18.3 Å². The highest BCUT2D eigenvalue weighted by Gasteiger charge is 1.82. The zero-order valence-corrected chi connectivity index (χ0v) is 6.02. The van der Waals surface area contributed by atoms with Gasteiger partial charge in [-0.1, -0.05) is 18.7 Å². The molecule has 0 fully saturated rings. The number of aromatic nitrogens is 2. The molecule has 2 nitrogen and oxygen atoms in total. The largest absolute Gasteiger partial charge is 0.278 e. The van der Waals surface area contributed by atoms with Gasteiger partial charge in [-0.25, -0.2) is 0 Å². The number of rotatable bonds is 1. The van der Waals surface area contributed by atoms with Crippen LogP contribution in [0.2, 0.25) is 0 Å². The smallest absolute Gasteiger partial charge is 0.0578 e. The average molecular weight is 134 g/mol. The molecular weight excluding hydrogens is 124 g/mol. The fourth-order valence-corrected chi connectivity index (χ4v) is 0.712. The lowest BCUT2D eigenvalue weighted by Gasteiger charge is -1.79. The van der Waals surface area contributed by atoms with E-state index in [-0.39, 0.29) is 0 Å². The van der Waals surface area contributed by atoms with E-state index in [0.29, 0.717) is 0 Å². The van der Waals surface area contributed by atoms with Crippen molar-refractivity contribution in [2.24, 2.45) is 0 Å². The maximum Gasteiger partial charge on any atom is 0.0578 e. The van der Waals surface area contributed by atoms with Gasteiger partial charge in [0.25, 0.3) is 0 Å². The second kappa shape index (κ2) is 2.52. The predicted molar refractivity (Wildman–Crippen MR) is 42.6 cm³/mol. The summed E-state index contributed by atoms with van der Waals surface area (Å²) >= 11 is 0. The highest BCUT2D eigenvalue weighted by molar-refractivity contribution is 5.42. The molecule has 2 heteroatoms. The van der Waals surface area contributed by atoms with E-state index < -0.39 is 0 Å². The second-order valence-electron chi connectivity index (χ2n) is 2.29. The number of hydrogen-bond acceptors (Lipinski definition) is 1. The summed E-state index contributed by atoms with van der Waals surface area (Å²) in [4.78, 5) is 0. The van der Waals surface area contributed by atoms with E-state index in [1.54, 1.807) is 6.20 Å². The van der Waals surface area contributed by atoms with Crippen LogP contribution in [0.3, 0.4) is 0 Å². The zero-order chi connectivity index (χ0) is 7.56. The molecule has 0 aliphatic rings. The molecule has 0 radical (unpaired) electrons.